The lowest BCUT2D eigenvalue weighted by Crippen LogP contribution is -2.18. The van der Waals surface area contributed by atoms with Crippen LogP contribution in [0.3, 0.4) is 0 Å². The van der Waals surface area contributed by atoms with Crippen molar-refractivity contribution in [2.45, 2.75) is 26.3 Å². The zero-order valence-corrected chi connectivity index (χ0v) is 11.9. The van der Waals surface area contributed by atoms with Crippen molar-refractivity contribution in [2.24, 2.45) is 5.73 Å². The van der Waals surface area contributed by atoms with Gasteiger partial charge in [0.2, 0.25) is 0 Å². The minimum absolute atomic E-state index is 0.205. The maximum Gasteiger partial charge on any atom is 0.0410 e. The number of hydrogen-bond donors (Lipinski definition) is 1. The fourth-order valence-electron chi connectivity index (χ4n) is 2.27. The highest BCUT2D eigenvalue weighted by Crippen LogP contribution is 2.25. The van der Waals surface area contributed by atoms with Crippen LogP contribution in [-0.4, -0.2) is 13.1 Å². The summed E-state index contributed by atoms with van der Waals surface area (Å²) >= 11 is 0. The molecule has 2 rings (SSSR count). The Bertz CT molecular complexity index is 532. The first kappa shape index (κ1) is 13.6. The summed E-state index contributed by atoms with van der Waals surface area (Å²) in [6.45, 7) is 4.20. The van der Waals surface area contributed by atoms with Gasteiger partial charge >= 0.3 is 0 Å². The van der Waals surface area contributed by atoms with E-state index in [1.165, 1.54) is 22.5 Å². The molecule has 19 heavy (non-hydrogen) atoms. The number of rotatable bonds is 4. The van der Waals surface area contributed by atoms with Crippen molar-refractivity contribution in [2.75, 3.05) is 11.9 Å². The zero-order valence-electron chi connectivity index (χ0n) is 11.9. The van der Waals surface area contributed by atoms with Crippen molar-refractivity contribution in [3.63, 3.8) is 0 Å². The molecule has 2 aromatic carbocycles. The Labute approximate surface area is 115 Å². The van der Waals surface area contributed by atoms with Gasteiger partial charge in [0.15, 0.2) is 0 Å². The minimum atomic E-state index is 0.205. The summed E-state index contributed by atoms with van der Waals surface area (Å²) in [5.41, 5.74) is 10.9. The fourth-order valence-corrected chi connectivity index (χ4v) is 2.27. The van der Waals surface area contributed by atoms with Crippen LogP contribution >= 0.6 is 0 Å². The van der Waals surface area contributed by atoms with Crippen molar-refractivity contribution >= 4 is 11.4 Å². The van der Waals surface area contributed by atoms with Crippen LogP contribution < -0.4 is 10.6 Å². The SMILES string of the molecule is Cc1cc(N(C)c2ccccc2)ccc1CC(C)N. The summed E-state index contributed by atoms with van der Waals surface area (Å²) in [7, 11) is 2.09. The third-order valence-electron chi connectivity index (χ3n) is 3.40. The summed E-state index contributed by atoms with van der Waals surface area (Å²) in [6.07, 6.45) is 0.932. The van der Waals surface area contributed by atoms with Gasteiger partial charge in [-0.3, -0.25) is 0 Å². The van der Waals surface area contributed by atoms with E-state index in [1.54, 1.807) is 0 Å². The summed E-state index contributed by atoms with van der Waals surface area (Å²) in [5.74, 6) is 0. The van der Waals surface area contributed by atoms with E-state index in [0.717, 1.165) is 6.42 Å². The standard InChI is InChI=1S/C17H22N2/c1-13-11-17(10-9-15(13)12-14(2)18)19(3)16-7-5-4-6-8-16/h4-11,14H,12,18H2,1-3H3. The monoisotopic (exact) mass is 254 g/mol. The van der Waals surface area contributed by atoms with E-state index in [4.69, 9.17) is 5.73 Å². The van der Waals surface area contributed by atoms with Gasteiger partial charge in [-0.25, -0.2) is 0 Å². The fraction of sp³-hybridized carbons (Fsp3) is 0.294. The largest absolute Gasteiger partial charge is 0.345 e. The highest BCUT2D eigenvalue weighted by molar-refractivity contribution is 5.63. The normalized spacial score (nSPS) is 12.2. The minimum Gasteiger partial charge on any atom is -0.345 e. The second-order valence-corrected chi connectivity index (χ2v) is 5.19. The van der Waals surface area contributed by atoms with Gasteiger partial charge in [0.05, 0.1) is 0 Å². The number of nitrogens with zero attached hydrogens (tertiary/aromatic N) is 1. The van der Waals surface area contributed by atoms with Gasteiger partial charge in [0.25, 0.3) is 0 Å². The lowest BCUT2D eigenvalue weighted by Gasteiger charge is -2.21. The third kappa shape index (κ3) is 3.36. The molecule has 1 unspecified atom stereocenters. The summed E-state index contributed by atoms with van der Waals surface area (Å²) in [4.78, 5) is 2.20. The third-order valence-corrected chi connectivity index (χ3v) is 3.40. The van der Waals surface area contributed by atoms with E-state index in [-0.39, 0.29) is 6.04 Å². The Morgan fingerprint density at radius 3 is 2.32 bits per heavy atom. The molecule has 0 saturated heterocycles. The second-order valence-electron chi connectivity index (χ2n) is 5.19. The topological polar surface area (TPSA) is 29.3 Å². The maximum atomic E-state index is 5.87. The average Bonchev–Trinajstić information content (AvgIpc) is 2.41. The number of nitrogens with two attached hydrogens (primary N) is 1. The maximum absolute atomic E-state index is 5.87. The Hall–Kier alpha value is -1.80. The van der Waals surface area contributed by atoms with Crippen molar-refractivity contribution in [3.05, 3.63) is 59.7 Å². The van der Waals surface area contributed by atoms with Gasteiger partial charge in [0.1, 0.15) is 0 Å². The molecule has 0 spiro atoms. The highest BCUT2D eigenvalue weighted by Gasteiger charge is 2.07. The van der Waals surface area contributed by atoms with Crippen molar-refractivity contribution in [1.82, 2.24) is 0 Å². The van der Waals surface area contributed by atoms with E-state index in [2.05, 4.69) is 61.3 Å². The predicted octanol–water partition coefficient (Wildman–Crippen LogP) is 3.65. The van der Waals surface area contributed by atoms with Crippen LogP contribution in [0.15, 0.2) is 48.5 Å². The lowest BCUT2D eigenvalue weighted by atomic mass is 10.0. The Morgan fingerprint density at radius 1 is 1.05 bits per heavy atom. The number of hydrogen-bond acceptors (Lipinski definition) is 2. The molecule has 2 heteroatoms. The summed E-state index contributed by atoms with van der Waals surface area (Å²) in [5, 5.41) is 0. The Balaban J connectivity index is 2.25. The smallest absolute Gasteiger partial charge is 0.0410 e. The molecule has 100 valence electrons. The van der Waals surface area contributed by atoms with Crippen LogP contribution in [-0.2, 0) is 6.42 Å². The van der Waals surface area contributed by atoms with Gasteiger partial charge in [-0.05, 0) is 55.7 Å². The summed E-state index contributed by atoms with van der Waals surface area (Å²) in [6, 6.07) is 17.2. The molecule has 0 bridgehead atoms. The molecule has 0 saturated carbocycles. The predicted molar refractivity (Wildman–Crippen MR) is 83.0 cm³/mol. The van der Waals surface area contributed by atoms with Gasteiger partial charge < -0.3 is 10.6 Å². The Kier molecular flexibility index (Phi) is 4.23. The molecular weight excluding hydrogens is 232 g/mol. The number of aryl methyl sites for hydroxylation is 1. The molecule has 0 aromatic heterocycles. The number of benzene rings is 2. The molecule has 0 aliphatic rings. The first-order valence-electron chi connectivity index (χ1n) is 6.72. The molecule has 2 nitrogen and oxygen atoms in total. The first-order chi connectivity index (χ1) is 9.08. The average molecular weight is 254 g/mol. The van der Waals surface area contributed by atoms with E-state index in [1.807, 2.05) is 13.0 Å². The van der Waals surface area contributed by atoms with Crippen LogP contribution in [0.4, 0.5) is 11.4 Å². The molecule has 0 aliphatic carbocycles. The molecule has 0 aliphatic heterocycles. The number of para-hydroxylation sites is 1. The van der Waals surface area contributed by atoms with Crippen LogP contribution in [0.1, 0.15) is 18.1 Å². The summed E-state index contributed by atoms with van der Waals surface area (Å²) < 4.78 is 0. The first-order valence-corrected chi connectivity index (χ1v) is 6.72. The van der Waals surface area contributed by atoms with Crippen molar-refractivity contribution in [1.29, 1.82) is 0 Å². The quantitative estimate of drug-likeness (QED) is 0.902. The molecule has 0 radical (unpaired) electrons. The molecule has 0 heterocycles. The molecule has 1 atom stereocenters. The van der Waals surface area contributed by atoms with Crippen molar-refractivity contribution < 1.29 is 0 Å². The van der Waals surface area contributed by atoms with Crippen LogP contribution in [0.25, 0.3) is 0 Å². The lowest BCUT2D eigenvalue weighted by molar-refractivity contribution is 0.735. The van der Waals surface area contributed by atoms with E-state index >= 15 is 0 Å². The van der Waals surface area contributed by atoms with Gasteiger partial charge in [-0.2, -0.15) is 0 Å². The molecular formula is C17H22N2. The van der Waals surface area contributed by atoms with E-state index < -0.39 is 0 Å². The number of anilines is 2. The highest BCUT2D eigenvalue weighted by atomic mass is 15.1. The molecule has 2 aromatic rings. The second kappa shape index (κ2) is 5.89. The molecule has 0 amide bonds. The molecule has 2 N–H and O–H groups in total. The van der Waals surface area contributed by atoms with Crippen LogP contribution in [0, 0.1) is 6.92 Å². The van der Waals surface area contributed by atoms with E-state index in [9.17, 15) is 0 Å². The van der Waals surface area contributed by atoms with Gasteiger partial charge in [0, 0.05) is 24.5 Å². The molecule has 0 fully saturated rings. The van der Waals surface area contributed by atoms with E-state index in [0.29, 0.717) is 0 Å². The van der Waals surface area contributed by atoms with Crippen LogP contribution in [0.2, 0.25) is 0 Å². The van der Waals surface area contributed by atoms with Crippen molar-refractivity contribution in [3.8, 4) is 0 Å². The van der Waals surface area contributed by atoms with Crippen LogP contribution in [0.5, 0.6) is 0 Å². The van der Waals surface area contributed by atoms with Gasteiger partial charge in [-0.1, -0.05) is 24.3 Å². The van der Waals surface area contributed by atoms with Gasteiger partial charge in [-0.15, -0.1) is 0 Å². The zero-order chi connectivity index (χ0) is 13.8. The Morgan fingerprint density at radius 2 is 1.74 bits per heavy atom.